The first-order valence-corrected chi connectivity index (χ1v) is 20.3. The van der Waals surface area contributed by atoms with E-state index in [0.29, 0.717) is 0 Å². The Morgan fingerprint density at radius 2 is 0.500 bits per heavy atom. The third kappa shape index (κ3) is 5.85. The predicted molar refractivity (Wildman–Crippen MR) is 196 cm³/mol. The summed E-state index contributed by atoms with van der Waals surface area (Å²) in [4.78, 5) is 0. The highest BCUT2D eigenvalue weighted by Crippen LogP contribution is 2.29. The minimum atomic E-state index is -2.93. The van der Waals surface area contributed by atoms with E-state index in [1.54, 1.807) is 0 Å². The van der Waals surface area contributed by atoms with Gasteiger partial charge >= 0.3 is 0 Å². The zero-order chi connectivity index (χ0) is 31.1. The highest BCUT2D eigenvalue weighted by Gasteiger charge is 2.49. The lowest BCUT2D eigenvalue weighted by Crippen LogP contribution is -2.73. The summed E-state index contributed by atoms with van der Waals surface area (Å²) in [5.74, 6) is 0. The summed E-state index contributed by atoms with van der Waals surface area (Å²) in [5, 5.41) is 7.55. The van der Waals surface area contributed by atoms with Crippen molar-refractivity contribution in [3.63, 3.8) is 0 Å². The van der Waals surface area contributed by atoms with Crippen molar-refractivity contribution in [3.8, 4) is 0 Å². The van der Waals surface area contributed by atoms with Crippen molar-refractivity contribution >= 4 is 47.8 Å². The van der Waals surface area contributed by atoms with E-state index in [1.807, 2.05) is 0 Å². The molecule has 0 saturated heterocycles. The number of rotatable bonds is 10. The normalized spacial score (nSPS) is 17.0. The minimum Gasteiger partial charge on any atom is -0.399 e. The average molecular weight is 633 g/mol. The summed E-state index contributed by atoms with van der Waals surface area (Å²) < 4.78 is 15.7. The molecular formula is C42H40O2Si2. The molecule has 0 spiro atoms. The topological polar surface area (TPSA) is 18.5 Å². The fourth-order valence-electron chi connectivity index (χ4n) is 7.23. The van der Waals surface area contributed by atoms with Crippen LogP contribution in [-0.4, -0.2) is 28.8 Å². The van der Waals surface area contributed by atoms with Gasteiger partial charge in [-0.15, -0.1) is 0 Å². The number of hydrogen-bond donors (Lipinski definition) is 0. The van der Waals surface area contributed by atoms with E-state index in [-0.39, 0.29) is 12.2 Å². The second-order valence-corrected chi connectivity index (χ2v) is 18.8. The third-order valence-electron chi connectivity index (χ3n) is 9.38. The molecule has 0 N–H and O–H groups in total. The van der Waals surface area contributed by atoms with E-state index < -0.39 is 16.6 Å². The van der Waals surface area contributed by atoms with E-state index in [9.17, 15) is 0 Å². The third-order valence-corrected chi connectivity index (χ3v) is 17.6. The van der Waals surface area contributed by atoms with Gasteiger partial charge in [-0.25, -0.2) is 0 Å². The Hall–Kier alpha value is -4.33. The van der Waals surface area contributed by atoms with Gasteiger partial charge in [0.05, 0.1) is 12.2 Å². The lowest BCUT2D eigenvalue weighted by atomic mass is 9.95. The molecule has 228 valence electrons. The van der Waals surface area contributed by atoms with Crippen LogP contribution in [0.5, 0.6) is 0 Å². The molecule has 7 rings (SSSR count). The van der Waals surface area contributed by atoms with Crippen LogP contribution in [0.2, 0.25) is 0 Å². The molecule has 0 amide bonds. The standard InChI is InChI=1S/C42H40O2Si2/c1-7-21-35(22-8-1)45(36-23-9-2-10-24-36,37-25-11-3-12-26-37)43-41-33-19-20-34-42(41)44-46(38-27-13-4-14-28-38,39-29-15-5-16-30-39)40-31-17-6-18-32-40/h1-18,21-32,41-42H,19-20,33-34H2/t41-,42-/m1/s1. The van der Waals surface area contributed by atoms with Crippen molar-refractivity contribution in [2.24, 2.45) is 0 Å². The Balaban J connectivity index is 1.39. The first kappa shape index (κ1) is 30.3. The van der Waals surface area contributed by atoms with Crippen LogP contribution in [-0.2, 0) is 8.85 Å². The van der Waals surface area contributed by atoms with E-state index in [0.717, 1.165) is 25.7 Å². The molecule has 4 heteroatoms. The molecule has 1 fully saturated rings. The Kier molecular flexibility index (Phi) is 9.22. The smallest absolute Gasteiger partial charge is 0.288 e. The summed E-state index contributed by atoms with van der Waals surface area (Å²) in [6, 6.07) is 65.6. The molecule has 2 atom stereocenters. The van der Waals surface area contributed by atoms with Gasteiger partial charge in [0.25, 0.3) is 16.6 Å². The van der Waals surface area contributed by atoms with Gasteiger partial charge in [-0.3, -0.25) is 0 Å². The predicted octanol–water partition coefficient (Wildman–Crippen LogP) is 5.67. The van der Waals surface area contributed by atoms with Gasteiger partial charge < -0.3 is 8.85 Å². The highest BCUT2D eigenvalue weighted by atomic mass is 28.4. The van der Waals surface area contributed by atoms with Crippen molar-refractivity contribution in [1.29, 1.82) is 0 Å². The Morgan fingerprint density at radius 1 is 0.304 bits per heavy atom. The maximum Gasteiger partial charge on any atom is 0.288 e. The monoisotopic (exact) mass is 632 g/mol. The molecule has 1 aliphatic carbocycles. The summed E-state index contributed by atoms with van der Waals surface area (Å²) >= 11 is 0. The molecule has 0 bridgehead atoms. The van der Waals surface area contributed by atoms with Crippen molar-refractivity contribution in [3.05, 3.63) is 182 Å². The zero-order valence-corrected chi connectivity index (χ0v) is 28.1. The van der Waals surface area contributed by atoms with Crippen molar-refractivity contribution in [1.82, 2.24) is 0 Å². The van der Waals surface area contributed by atoms with Crippen LogP contribution in [0.4, 0.5) is 0 Å². The molecule has 6 aromatic carbocycles. The summed E-state index contributed by atoms with van der Waals surface area (Å²) in [6.07, 6.45) is 4.06. The molecule has 1 aliphatic rings. The van der Waals surface area contributed by atoms with Gasteiger partial charge in [0.1, 0.15) is 0 Å². The molecule has 0 aliphatic heterocycles. The second kappa shape index (κ2) is 14.0. The first-order valence-electron chi connectivity index (χ1n) is 16.5. The Morgan fingerprint density at radius 3 is 0.696 bits per heavy atom. The molecule has 0 radical (unpaired) electrons. The lowest BCUT2D eigenvalue weighted by molar-refractivity contribution is 0.0197. The van der Waals surface area contributed by atoms with Gasteiger partial charge in [0, 0.05) is 0 Å². The van der Waals surface area contributed by atoms with Crippen LogP contribution in [0, 0.1) is 0 Å². The highest BCUT2D eigenvalue weighted by molar-refractivity contribution is 7.07. The van der Waals surface area contributed by atoms with Crippen LogP contribution in [0.3, 0.4) is 0 Å². The van der Waals surface area contributed by atoms with Gasteiger partial charge in [-0.1, -0.05) is 195 Å². The number of hydrogen-bond acceptors (Lipinski definition) is 2. The fraction of sp³-hybridized carbons (Fsp3) is 0.143. The Labute approximate surface area is 275 Å². The average Bonchev–Trinajstić information content (AvgIpc) is 3.15. The summed E-state index contributed by atoms with van der Waals surface area (Å²) in [6.45, 7) is 0. The quantitative estimate of drug-likeness (QED) is 0.143. The molecule has 0 unspecified atom stereocenters. The maximum absolute atomic E-state index is 7.84. The molecule has 46 heavy (non-hydrogen) atoms. The number of benzene rings is 6. The van der Waals surface area contributed by atoms with Gasteiger partial charge in [-0.05, 0) is 44.0 Å². The Bertz CT molecular complexity index is 1450. The van der Waals surface area contributed by atoms with Crippen molar-refractivity contribution in [2.45, 2.75) is 37.9 Å². The van der Waals surface area contributed by atoms with Gasteiger partial charge in [0.2, 0.25) is 0 Å². The van der Waals surface area contributed by atoms with Crippen LogP contribution < -0.4 is 31.1 Å². The molecular weight excluding hydrogens is 593 g/mol. The van der Waals surface area contributed by atoms with E-state index in [2.05, 4.69) is 182 Å². The first-order chi connectivity index (χ1) is 22.8. The fourth-order valence-corrected chi connectivity index (χ4v) is 15.5. The molecule has 0 aromatic heterocycles. The van der Waals surface area contributed by atoms with Gasteiger partial charge in [0.15, 0.2) is 0 Å². The second-order valence-electron chi connectivity index (χ2n) is 12.2. The SMILES string of the molecule is c1ccc([Si](O[C@@H]2CCCC[C@H]2O[Si](c2ccccc2)(c2ccccc2)c2ccccc2)(c2ccccc2)c2ccccc2)cc1. The van der Waals surface area contributed by atoms with Crippen LogP contribution in [0.1, 0.15) is 25.7 Å². The molecule has 6 aromatic rings. The van der Waals surface area contributed by atoms with E-state index in [4.69, 9.17) is 8.85 Å². The van der Waals surface area contributed by atoms with Crippen LogP contribution in [0.15, 0.2) is 182 Å². The summed E-state index contributed by atoms with van der Waals surface area (Å²) in [5.41, 5.74) is 0. The summed E-state index contributed by atoms with van der Waals surface area (Å²) in [7, 11) is -5.86. The molecule has 2 nitrogen and oxygen atoms in total. The van der Waals surface area contributed by atoms with E-state index in [1.165, 1.54) is 31.1 Å². The van der Waals surface area contributed by atoms with Gasteiger partial charge in [-0.2, -0.15) is 0 Å². The lowest BCUT2D eigenvalue weighted by Gasteiger charge is -2.44. The zero-order valence-electron chi connectivity index (χ0n) is 26.1. The van der Waals surface area contributed by atoms with Crippen molar-refractivity contribution in [2.75, 3.05) is 0 Å². The largest absolute Gasteiger partial charge is 0.399 e. The minimum absolute atomic E-state index is 0.0657. The maximum atomic E-state index is 7.84. The molecule has 0 heterocycles. The van der Waals surface area contributed by atoms with E-state index >= 15 is 0 Å². The van der Waals surface area contributed by atoms with Crippen molar-refractivity contribution < 1.29 is 8.85 Å². The van der Waals surface area contributed by atoms with Crippen LogP contribution >= 0.6 is 0 Å². The molecule has 1 saturated carbocycles. The van der Waals surface area contributed by atoms with Crippen LogP contribution in [0.25, 0.3) is 0 Å².